The molecule has 6 aliphatic rings. The van der Waals surface area contributed by atoms with Crippen LogP contribution in [0.25, 0.3) is 0 Å². The molecular formula is C30H50O5. The summed E-state index contributed by atoms with van der Waals surface area (Å²) in [5, 5.41) is 45.0. The first-order valence-electron chi connectivity index (χ1n) is 14.4. The number of rotatable bonds is 2. The van der Waals surface area contributed by atoms with Crippen LogP contribution in [0.2, 0.25) is 0 Å². The fourth-order valence-corrected chi connectivity index (χ4v) is 12.1. The minimum atomic E-state index is -0.886. The minimum absolute atomic E-state index is 0.0267. The van der Waals surface area contributed by atoms with E-state index in [1.54, 1.807) is 0 Å². The quantitative estimate of drug-likeness (QED) is 0.460. The van der Waals surface area contributed by atoms with Gasteiger partial charge in [0.1, 0.15) is 0 Å². The van der Waals surface area contributed by atoms with Gasteiger partial charge in [0, 0.05) is 5.92 Å². The van der Waals surface area contributed by atoms with Crippen LogP contribution in [0, 0.1) is 44.8 Å². The molecule has 200 valence electrons. The first-order chi connectivity index (χ1) is 16.0. The zero-order valence-corrected chi connectivity index (χ0v) is 23.1. The first-order valence-corrected chi connectivity index (χ1v) is 14.4. The average molecular weight is 491 g/mol. The lowest BCUT2D eigenvalue weighted by Crippen LogP contribution is -2.62. The zero-order valence-electron chi connectivity index (χ0n) is 23.1. The minimum Gasteiger partial charge on any atom is -0.393 e. The molecule has 0 amide bonds. The van der Waals surface area contributed by atoms with Crippen molar-refractivity contribution in [2.75, 3.05) is 0 Å². The summed E-state index contributed by atoms with van der Waals surface area (Å²) in [6.07, 6.45) is 7.18. The Kier molecular flexibility index (Phi) is 4.92. The Morgan fingerprint density at radius 1 is 0.771 bits per heavy atom. The Morgan fingerprint density at radius 2 is 1.46 bits per heavy atom. The summed E-state index contributed by atoms with van der Waals surface area (Å²) < 4.78 is 6.66. The molecule has 6 fully saturated rings. The molecule has 35 heavy (non-hydrogen) atoms. The number of hydrogen-bond donors (Lipinski definition) is 4. The molecule has 0 bridgehead atoms. The molecule has 0 unspecified atom stereocenters. The summed E-state index contributed by atoms with van der Waals surface area (Å²) in [6.45, 7) is 15.0. The Balaban J connectivity index is 1.37. The summed E-state index contributed by atoms with van der Waals surface area (Å²) in [4.78, 5) is 0. The summed E-state index contributed by atoms with van der Waals surface area (Å²) >= 11 is 0. The van der Waals surface area contributed by atoms with E-state index in [1.807, 2.05) is 13.8 Å². The molecule has 0 aromatic rings. The average Bonchev–Trinajstić information content (AvgIpc) is 3.08. The summed E-state index contributed by atoms with van der Waals surface area (Å²) in [6, 6.07) is 0. The van der Waals surface area contributed by atoms with E-state index < -0.39 is 23.4 Å². The van der Waals surface area contributed by atoms with E-state index in [-0.39, 0.29) is 51.1 Å². The van der Waals surface area contributed by atoms with Crippen molar-refractivity contribution < 1.29 is 25.2 Å². The van der Waals surface area contributed by atoms with E-state index in [0.29, 0.717) is 5.92 Å². The van der Waals surface area contributed by atoms with Crippen molar-refractivity contribution >= 4 is 0 Å². The van der Waals surface area contributed by atoms with Crippen LogP contribution in [0.5, 0.6) is 0 Å². The monoisotopic (exact) mass is 490 g/mol. The number of hydrogen-bond acceptors (Lipinski definition) is 5. The summed E-state index contributed by atoms with van der Waals surface area (Å²) in [7, 11) is 0. The maximum absolute atomic E-state index is 11.7. The standard InChI is InChI=1S/C30H50O5/c1-24(2)20(33)8-11-30-16-29(30)13-12-26(5)23(28(7)10-9-21(35-28)25(3,4)34)18(32)15-27(26,6)19(29)14-17(31)22(24)30/h17-23,31-34H,8-16H2,1-7H3/t17-,18+,19-,20+,21-,22+,23+,26-,27-,28+,29-,30-/m0/s1. The van der Waals surface area contributed by atoms with Crippen molar-refractivity contribution in [1.82, 2.24) is 0 Å². The van der Waals surface area contributed by atoms with Crippen LogP contribution >= 0.6 is 0 Å². The van der Waals surface area contributed by atoms with Gasteiger partial charge in [-0.2, -0.15) is 0 Å². The van der Waals surface area contributed by atoms with Crippen LogP contribution in [0.15, 0.2) is 0 Å². The Morgan fingerprint density at radius 3 is 2.09 bits per heavy atom. The molecule has 2 spiro atoms. The van der Waals surface area contributed by atoms with Crippen LogP contribution in [0.3, 0.4) is 0 Å². The fraction of sp³-hybridized carbons (Fsp3) is 1.00. The van der Waals surface area contributed by atoms with Gasteiger partial charge < -0.3 is 25.2 Å². The smallest absolute Gasteiger partial charge is 0.0865 e. The second-order valence-electron chi connectivity index (χ2n) is 15.9. The highest BCUT2D eigenvalue weighted by Gasteiger charge is 2.84. The third-order valence-corrected chi connectivity index (χ3v) is 13.8. The molecule has 1 heterocycles. The highest BCUT2D eigenvalue weighted by molar-refractivity contribution is 5.33. The topological polar surface area (TPSA) is 90.2 Å². The molecule has 6 rings (SSSR count). The van der Waals surface area contributed by atoms with Gasteiger partial charge in [-0.3, -0.25) is 0 Å². The van der Waals surface area contributed by atoms with Gasteiger partial charge in [0.2, 0.25) is 0 Å². The van der Waals surface area contributed by atoms with Gasteiger partial charge in [-0.15, -0.1) is 0 Å². The molecule has 1 aliphatic heterocycles. The highest BCUT2D eigenvalue weighted by atomic mass is 16.5. The van der Waals surface area contributed by atoms with Crippen molar-refractivity contribution in [1.29, 1.82) is 0 Å². The SMILES string of the molecule is CC(C)(O)[C@@H]1CC[C@](C)([C@@H]2[C@H](O)C[C@@]3(C)[C@@H]4C[C@H](O)[C@@H]5C(C)(C)[C@H](O)CC[C@]56C[C@@]46CC[C@@]23C)O1. The van der Waals surface area contributed by atoms with Crippen LogP contribution in [0.1, 0.15) is 106 Å². The highest BCUT2D eigenvalue weighted by Crippen LogP contribution is 2.89. The van der Waals surface area contributed by atoms with Crippen LogP contribution < -0.4 is 0 Å². The number of fused-ring (bicyclic) bond motifs is 2. The molecule has 0 radical (unpaired) electrons. The van der Waals surface area contributed by atoms with E-state index in [0.717, 1.165) is 51.4 Å². The van der Waals surface area contributed by atoms with Crippen molar-refractivity contribution in [3.05, 3.63) is 0 Å². The fourth-order valence-electron chi connectivity index (χ4n) is 12.1. The second-order valence-corrected chi connectivity index (χ2v) is 15.9. The van der Waals surface area contributed by atoms with Gasteiger partial charge >= 0.3 is 0 Å². The second kappa shape index (κ2) is 6.86. The third-order valence-electron chi connectivity index (χ3n) is 13.8. The summed E-state index contributed by atoms with van der Waals surface area (Å²) in [5.74, 6) is 0.577. The predicted octanol–water partition coefficient (Wildman–Crippen LogP) is 4.44. The maximum Gasteiger partial charge on any atom is 0.0865 e. The van der Waals surface area contributed by atoms with Crippen molar-refractivity contribution in [3.8, 4) is 0 Å². The van der Waals surface area contributed by atoms with E-state index >= 15 is 0 Å². The van der Waals surface area contributed by atoms with Gasteiger partial charge in [0.05, 0.1) is 35.6 Å². The lowest BCUT2D eigenvalue weighted by atomic mass is 9.41. The maximum atomic E-state index is 11.7. The van der Waals surface area contributed by atoms with Gasteiger partial charge in [-0.05, 0) is 117 Å². The Hall–Kier alpha value is -0.200. The lowest BCUT2D eigenvalue weighted by molar-refractivity contribution is -0.213. The Labute approximate surface area is 212 Å². The van der Waals surface area contributed by atoms with Crippen LogP contribution in [0.4, 0.5) is 0 Å². The van der Waals surface area contributed by atoms with Gasteiger partial charge in [-0.25, -0.2) is 0 Å². The van der Waals surface area contributed by atoms with Crippen molar-refractivity contribution in [2.45, 2.75) is 142 Å². The predicted molar refractivity (Wildman–Crippen MR) is 134 cm³/mol. The summed E-state index contributed by atoms with van der Waals surface area (Å²) in [5.41, 5.74) is -1.35. The molecule has 0 aromatic carbocycles. The number of aliphatic hydroxyl groups is 4. The van der Waals surface area contributed by atoms with Gasteiger partial charge in [0.25, 0.3) is 0 Å². The van der Waals surface area contributed by atoms with Gasteiger partial charge in [-0.1, -0.05) is 27.7 Å². The van der Waals surface area contributed by atoms with Gasteiger partial charge in [0.15, 0.2) is 0 Å². The lowest BCUT2D eigenvalue weighted by Gasteiger charge is -2.64. The van der Waals surface area contributed by atoms with E-state index in [1.165, 1.54) is 6.42 Å². The molecule has 5 aliphatic carbocycles. The molecule has 5 saturated carbocycles. The number of ether oxygens (including phenoxy) is 1. The molecular weight excluding hydrogens is 440 g/mol. The normalized spacial score (nSPS) is 60.9. The van der Waals surface area contributed by atoms with Crippen molar-refractivity contribution in [2.24, 2.45) is 44.8 Å². The zero-order chi connectivity index (χ0) is 25.6. The first kappa shape index (κ1) is 25.1. The molecule has 12 atom stereocenters. The molecule has 5 nitrogen and oxygen atoms in total. The van der Waals surface area contributed by atoms with E-state index in [9.17, 15) is 20.4 Å². The van der Waals surface area contributed by atoms with E-state index in [4.69, 9.17) is 4.74 Å². The number of aliphatic hydroxyl groups excluding tert-OH is 3. The molecule has 4 N–H and O–H groups in total. The Bertz CT molecular complexity index is 911. The molecule has 0 aromatic heterocycles. The largest absolute Gasteiger partial charge is 0.393 e. The third kappa shape index (κ3) is 2.78. The molecule has 1 saturated heterocycles. The molecule has 5 heteroatoms. The van der Waals surface area contributed by atoms with Crippen LogP contribution in [-0.2, 0) is 4.74 Å². The van der Waals surface area contributed by atoms with E-state index in [2.05, 4.69) is 34.6 Å². The van der Waals surface area contributed by atoms with Crippen molar-refractivity contribution in [3.63, 3.8) is 0 Å². The van der Waals surface area contributed by atoms with Crippen LogP contribution in [-0.4, -0.2) is 56.0 Å².